The van der Waals surface area contributed by atoms with Crippen molar-refractivity contribution in [1.82, 2.24) is 29.9 Å². The lowest BCUT2D eigenvalue weighted by atomic mass is 10.2. The minimum Gasteiger partial charge on any atom is -0.338 e. The first-order chi connectivity index (χ1) is 12.3. The molecule has 1 saturated carbocycles. The standard InChI is InChI=1S/C17H18N6OS/c1-3-10-23-15(13-6-8-18-9-7-13)20-21-17(23)25-11(2)16-19-14(22-24-16)12-4-5-12/h3,6-9,11-12H,1,4-5,10H2,2H3. The molecule has 1 unspecified atom stereocenters. The molecule has 7 nitrogen and oxygen atoms in total. The molecule has 128 valence electrons. The SMILES string of the molecule is C=CCn1c(SC(C)c2nc(C3CC3)no2)nnc1-c1ccncc1. The Morgan fingerprint density at radius 1 is 1.36 bits per heavy atom. The molecule has 3 aromatic heterocycles. The monoisotopic (exact) mass is 354 g/mol. The van der Waals surface area contributed by atoms with Gasteiger partial charge in [-0.05, 0) is 31.9 Å². The minimum absolute atomic E-state index is 0.00180. The van der Waals surface area contributed by atoms with E-state index in [4.69, 9.17) is 4.52 Å². The molecular weight excluding hydrogens is 336 g/mol. The van der Waals surface area contributed by atoms with Crippen LogP contribution in [0.15, 0.2) is 46.9 Å². The predicted octanol–water partition coefficient (Wildman–Crippen LogP) is 3.64. The Balaban J connectivity index is 1.58. The van der Waals surface area contributed by atoms with Gasteiger partial charge in [0.1, 0.15) is 0 Å². The second-order valence-electron chi connectivity index (χ2n) is 5.97. The van der Waals surface area contributed by atoms with E-state index in [1.165, 1.54) is 0 Å². The summed E-state index contributed by atoms with van der Waals surface area (Å²) in [6.07, 6.45) is 7.64. The van der Waals surface area contributed by atoms with Gasteiger partial charge in [0, 0.05) is 30.4 Å². The van der Waals surface area contributed by atoms with E-state index in [0.717, 1.165) is 35.2 Å². The number of aromatic nitrogens is 6. The van der Waals surface area contributed by atoms with Crippen LogP contribution in [0.5, 0.6) is 0 Å². The second kappa shape index (κ2) is 6.79. The van der Waals surface area contributed by atoms with Crippen LogP contribution in [-0.2, 0) is 6.54 Å². The van der Waals surface area contributed by atoms with Gasteiger partial charge in [-0.15, -0.1) is 16.8 Å². The van der Waals surface area contributed by atoms with Crippen LogP contribution in [0.2, 0.25) is 0 Å². The summed E-state index contributed by atoms with van der Waals surface area (Å²) in [5.74, 6) is 2.73. The van der Waals surface area contributed by atoms with Crippen LogP contribution in [0.25, 0.3) is 11.4 Å². The fourth-order valence-corrected chi connectivity index (χ4v) is 3.40. The summed E-state index contributed by atoms with van der Waals surface area (Å²) in [6, 6.07) is 3.84. The van der Waals surface area contributed by atoms with Gasteiger partial charge >= 0.3 is 0 Å². The lowest BCUT2D eigenvalue weighted by Crippen LogP contribution is -2.02. The van der Waals surface area contributed by atoms with Crippen molar-refractivity contribution in [3.05, 3.63) is 48.9 Å². The smallest absolute Gasteiger partial charge is 0.239 e. The minimum atomic E-state index is -0.00180. The molecule has 0 radical (unpaired) electrons. The van der Waals surface area contributed by atoms with Crippen LogP contribution < -0.4 is 0 Å². The topological polar surface area (TPSA) is 82.5 Å². The van der Waals surface area contributed by atoms with Crippen molar-refractivity contribution in [2.45, 2.75) is 42.6 Å². The van der Waals surface area contributed by atoms with Crippen molar-refractivity contribution >= 4 is 11.8 Å². The molecule has 1 aliphatic carbocycles. The zero-order valence-corrected chi connectivity index (χ0v) is 14.7. The number of pyridine rings is 1. The van der Waals surface area contributed by atoms with Crippen LogP contribution in [0, 0.1) is 0 Å². The van der Waals surface area contributed by atoms with Crippen LogP contribution in [0.3, 0.4) is 0 Å². The van der Waals surface area contributed by atoms with Gasteiger partial charge in [0.15, 0.2) is 16.8 Å². The Morgan fingerprint density at radius 3 is 2.88 bits per heavy atom. The average molecular weight is 354 g/mol. The molecule has 0 aliphatic heterocycles. The van der Waals surface area contributed by atoms with Gasteiger partial charge in [-0.3, -0.25) is 9.55 Å². The number of rotatable bonds is 7. The normalized spacial score (nSPS) is 15.2. The zero-order chi connectivity index (χ0) is 17.2. The van der Waals surface area contributed by atoms with Crippen molar-refractivity contribution in [2.75, 3.05) is 0 Å². The zero-order valence-electron chi connectivity index (χ0n) is 13.9. The van der Waals surface area contributed by atoms with E-state index < -0.39 is 0 Å². The van der Waals surface area contributed by atoms with E-state index >= 15 is 0 Å². The van der Waals surface area contributed by atoms with Gasteiger partial charge in [0.2, 0.25) is 5.89 Å². The quantitative estimate of drug-likeness (QED) is 0.473. The van der Waals surface area contributed by atoms with Gasteiger partial charge in [0.25, 0.3) is 0 Å². The van der Waals surface area contributed by atoms with E-state index in [-0.39, 0.29) is 5.25 Å². The van der Waals surface area contributed by atoms with Crippen LogP contribution in [-0.4, -0.2) is 29.9 Å². The molecule has 1 atom stereocenters. The molecule has 1 aliphatic rings. The molecular formula is C17H18N6OS. The van der Waals surface area contributed by atoms with Gasteiger partial charge in [0.05, 0.1) is 5.25 Å². The molecule has 3 heterocycles. The maximum atomic E-state index is 5.42. The van der Waals surface area contributed by atoms with Crippen molar-refractivity contribution in [3.8, 4) is 11.4 Å². The highest BCUT2D eigenvalue weighted by molar-refractivity contribution is 7.99. The first kappa shape index (κ1) is 16.0. The Bertz CT molecular complexity index is 870. The van der Waals surface area contributed by atoms with Crippen molar-refractivity contribution in [3.63, 3.8) is 0 Å². The van der Waals surface area contributed by atoms with Crippen LogP contribution in [0.4, 0.5) is 0 Å². The second-order valence-corrected chi connectivity index (χ2v) is 7.27. The van der Waals surface area contributed by atoms with Crippen LogP contribution >= 0.6 is 11.8 Å². The molecule has 3 aromatic rings. The molecule has 0 amide bonds. The van der Waals surface area contributed by atoms with Gasteiger partial charge in [-0.1, -0.05) is 23.0 Å². The summed E-state index contributed by atoms with van der Waals surface area (Å²) in [7, 11) is 0. The molecule has 0 aromatic carbocycles. The molecule has 0 N–H and O–H groups in total. The third-order valence-electron chi connectivity index (χ3n) is 4.00. The first-order valence-electron chi connectivity index (χ1n) is 8.21. The fourth-order valence-electron chi connectivity index (χ4n) is 2.51. The molecule has 0 spiro atoms. The summed E-state index contributed by atoms with van der Waals surface area (Å²) in [5.41, 5.74) is 0.970. The lowest BCUT2D eigenvalue weighted by Gasteiger charge is -2.09. The summed E-state index contributed by atoms with van der Waals surface area (Å²) in [4.78, 5) is 8.58. The van der Waals surface area contributed by atoms with Gasteiger partial charge in [-0.25, -0.2) is 0 Å². The van der Waals surface area contributed by atoms with Crippen LogP contribution in [0.1, 0.15) is 42.6 Å². The molecule has 4 rings (SSSR count). The summed E-state index contributed by atoms with van der Waals surface area (Å²) >= 11 is 1.55. The van der Waals surface area contributed by atoms with Crippen molar-refractivity contribution in [2.24, 2.45) is 0 Å². The Labute approximate surface area is 149 Å². The third-order valence-corrected chi connectivity index (χ3v) is 5.06. The maximum absolute atomic E-state index is 5.42. The highest BCUT2D eigenvalue weighted by atomic mass is 32.2. The highest BCUT2D eigenvalue weighted by Crippen LogP contribution is 2.40. The van der Waals surface area contributed by atoms with E-state index in [1.807, 2.05) is 29.7 Å². The highest BCUT2D eigenvalue weighted by Gasteiger charge is 2.30. The summed E-state index contributed by atoms with van der Waals surface area (Å²) in [6.45, 7) is 6.50. The predicted molar refractivity (Wildman–Crippen MR) is 94.0 cm³/mol. The van der Waals surface area contributed by atoms with Crippen molar-refractivity contribution < 1.29 is 4.52 Å². The number of hydrogen-bond acceptors (Lipinski definition) is 7. The third kappa shape index (κ3) is 3.34. The average Bonchev–Trinajstić information content (AvgIpc) is 3.23. The maximum Gasteiger partial charge on any atom is 0.239 e. The molecule has 1 fully saturated rings. The molecule has 0 bridgehead atoms. The fraction of sp³-hybridized carbons (Fsp3) is 0.353. The van der Waals surface area contributed by atoms with E-state index in [1.54, 1.807) is 24.2 Å². The molecule has 8 heteroatoms. The van der Waals surface area contributed by atoms with E-state index in [2.05, 4.69) is 31.9 Å². The molecule has 25 heavy (non-hydrogen) atoms. The number of hydrogen-bond donors (Lipinski definition) is 0. The largest absolute Gasteiger partial charge is 0.338 e. The van der Waals surface area contributed by atoms with Gasteiger partial charge in [-0.2, -0.15) is 4.98 Å². The lowest BCUT2D eigenvalue weighted by molar-refractivity contribution is 0.374. The van der Waals surface area contributed by atoms with Gasteiger partial charge < -0.3 is 4.52 Å². The first-order valence-corrected chi connectivity index (χ1v) is 9.09. The number of thioether (sulfide) groups is 1. The van der Waals surface area contributed by atoms with Crippen molar-refractivity contribution in [1.29, 1.82) is 0 Å². The Morgan fingerprint density at radius 2 is 2.16 bits per heavy atom. The number of allylic oxidation sites excluding steroid dienone is 1. The summed E-state index contributed by atoms with van der Waals surface area (Å²) in [5, 5.41) is 13.6. The molecule has 0 saturated heterocycles. The van der Waals surface area contributed by atoms with E-state index in [0.29, 0.717) is 18.4 Å². The Hall–Kier alpha value is -2.48. The Kier molecular flexibility index (Phi) is 4.35. The summed E-state index contributed by atoms with van der Waals surface area (Å²) < 4.78 is 7.45. The number of nitrogens with zero attached hydrogens (tertiary/aromatic N) is 6. The van der Waals surface area contributed by atoms with E-state index in [9.17, 15) is 0 Å².